The first-order valence-electron chi connectivity index (χ1n) is 6.94. The number of aliphatic hydroxyl groups excluding tert-OH is 1. The highest BCUT2D eigenvalue weighted by molar-refractivity contribution is 7.99. The van der Waals surface area contributed by atoms with Crippen molar-refractivity contribution in [2.24, 2.45) is 0 Å². The molecule has 1 amide bonds. The second-order valence-corrected chi connectivity index (χ2v) is 6.23. The largest absolute Gasteiger partial charge is 0.395 e. The van der Waals surface area contributed by atoms with E-state index in [9.17, 15) is 9.90 Å². The van der Waals surface area contributed by atoms with E-state index in [1.807, 2.05) is 31.4 Å². The highest BCUT2D eigenvalue weighted by Gasteiger charge is 2.26. The molecule has 0 aliphatic carbocycles. The van der Waals surface area contributed by atoms with E-state index in [0.29, 0.717) is 0 Å². The summed E-state index contributed by atoms with van der Waals surface area (Å²) in [6.07, 6.45) is 3.63. The van der Waals surface area contributed by atoms with Crippen molar-refractivity contribution in [2.45, 2.75) is 37.1 Å². The molecule has 2 rings (SSSR count). The van der Waals surface area contributed by atoms with Crippen LogP contribution in [0.3, 0.4) is 0 Å². The standard InChI is InChI=1S/C15H22N2O2S/c1-10(14(9-18)20-2)16-13-8-7-11-5-3-4-6-12(11)17-15(13)19/h3-6,10,13-14,16,18H,7-9H2,1-2H3,(H,17,19). The quantitative estimate of drug-likeness (QED) is 0.772. The highest BCUT2D eigenvalue weighted by atomic mass is 32.2. The van der Waals surface area contributed by atoms with Crippen LogP contribution in [0.5, 0.6) is 0 Å². The molecule has 20 heavy (non-hydrogen) atoms. The number of carbonyl (C=O) groups excluding carboxylic acids is 1. The Morgan fingerprint density at radius 2 is 2.25 bits per heavy atom. The fraction of sp³-hybridized carbons (Fsp3) is 0.533. The molecule has 0 radical (unpaired) electrons. The van der Waals surface area contributed by atoms with Gasteiger partial charge < -0.3 is 15.7 Å². The van der Waals surface area contributed by atoms with Crippen molar-refractivity contribution in [1.29, 1.82) is 0 Å². The van der Waals surface area contributed by atoms with Crippen LogP contribution < -0.4 is 10.6 Å². The molecule has 0 bridgehead atoms. The number of fused-ring (bicyclic) bond motifs is 1. The lowest BCUT2D eigenvalue weighted by atomic mass is 10.0. The summed E-state index contributed by atoms with van der Waals surface area (Å²) in [7, 11) is 0. The van der Waals surface area contributed by atoms with Gasteiger partial charge in [-0.1, -0.05) is 18.2 Å². The molecular formula is C15H22N2O2S. The van der Waals surface area contributed by atoms with Crippen LogP contribution in [0.1, 0.15) is 18.9 Å². The Morgan fingerprint density at radius 1 is 1.50 bits per heavy atom. The first-order valence-corrected chi connectivity index (χ1v) is 8.23. The zero-order chi connectivity index (χ0) is 14.5. The van der Waals surface area contributed by atoms with Gasteiger partial charge >= 0.3 is 0 Å². The predicted molar refractivity (Wildman–Crippen MR) is 84.2 cm³/mol. The van der Waals surface area contributed by atoms with Gasteiger partial charge in [-0.3, -0.25) is 4.79 Å². The molecule has 110 valence electrons. The fourth-order valence-corrected chi connectivity index (χ4v) is 3.17. The summed E-state index contributed by atoms with van der Waals surface area (Å²) in [5.41, 5.74) is 2.10. The second-order valence-electron chi connectivity index (χ2n) is 5.15. The molecule has 0 fully saturated rings. The summed E-state index contributed by atoms with van der Waals surface area (Å²) in [6, 6.07) is 7.81. The normalized spacial score (nSPS) is 21.6. The molecule has 4 nitrogen and oxygen atoms in total. The van der Waals surface area contributed by atoms with Crippen LogP contribution in [0.25, 0.3) is 0 Å². The third-order valence-corrected chi connectivity index (χ3v) is 4.96. The highest BCUT2D eigenvalue weighted by Crippen LogP contribution is 2.22. The zero-order valence-corrected chi connectivity index (χ0v) is 12.7. The second kappa shape index (κ2) is 7.11. The van der Waals surface area contributed by atoms with Gasteiger partial charge in [0.25, 0.3) is 0 Å². The van der Waals surface area contributed by atoms with E-state index in [1.54, 1.807) is 11.8 Å². The number of thioether (sulfide) groups is 1. The lowest BCUT2D eigenvalue weighted by Gasteiger charge is -2.25. The van der Waals surface area contributed by atoms with E-state index < -0.39 is 0 Å². The minimum Gasteiger partial charge on any atom is -0.395 e. The summed E-state index contributed by atoms with van der Waals surface area (Å²) >= 11 is 1.62. The maximum atomic E-state index is 12.3. The Kier molecular flexibility index (Phi) is 5.46. The van der Waals surface area contributed by atoms with Crippen LogP contribution in [-0.2, 0) is 11.2 Å². The first kappa shape index (κ1) is 15.4. The van der Waals surface area contributed by atoms with Crippen molar-refractivity contribution < 1.29 is 9.90 Å². The number of rotatable bonds is 5. The van der Waals surface area contributed by atoms with Crippen LogP contribution >= 0.6 is 11.8 Å². The van der Waals surface area contributed by atoms with Gasteiger partial charge in [-0.15, -0.1) is 0 Å². The number of aryl methyl sites for hydroxylation is 1. The van der Waals surface area contributed by atoms with Gasteiger partial charge in [0.1, 0.15) is 0 Å². The summed E-state index contributed by atoms with van der Waals surface area (Å²) in [5, 5.41) is 15.8. The number of para-hydroxylation sites is 1. The molecule has 3 atom stereocenters. The van der Waals surface area contributed by atoms with Crippen molar-refractivity contribution in [2.75, 3.05) is 18.2 Å². The van der Waals surface area contributed by atoms with Crippen molar-refractivity contribution in [3.8, 4) is 0 Å². The van der Waals surface area contributed by atoms with Crippen molar-refractivity contribution in [1.82, 2.24) is 5.32 Å². The van der Waals surface area contributed by atoms with Crippen LogP contribution in [-0.4, -0.2) is 41.2 Å². The van der Waals surface area contributed by atoms with Crippen LogP contribution in [0.4, 0.5) is 5.69 Å². The number of amides is 1. The number of benzene rings is 1. The van der Waals surface area contributed by atoms with Crippen LogP contribution in [0.2, 0.25) is 0 Å². The van der Waals surface area contributed by atoms with Crippen LogP contribution in [0, 0.1) is 0 Å². The molecule has 5 heteroatoms. The number of nitrogens with one attached hydrogen (secondary N) is 2. The number of carbonyl (C=O) groups is 1. The monoisotopic (exact) mass is 294 g/mol. The molecule has 1 aliphatic heterocycles. The molecule has 3 N–H and O–H groups in total. The average Bonchev–Trinajstić information content (AvgIpc) is 2.60. The molecule has 0 saturated carbocycles. The van der Waals surface area contributed by atoms with Crippen LogP contribution in [0.15, 0.2) is 24.3 Å². The van der Waals surface area contributed by atoms with Gasteiger partial charge in [0, 0.05) is 17.0 Å². The maximum Gasteiger partial charge on any atom is 0.241 e. The van der Waals surface area contributed by atoms with Crippen molar-refractivity contribution in [3.63, 3.8) is 0 Å². The molecule has 1 aromatic rings. The van der Waals surface area contributed by atoms with E-state index in [4.69, 9.17) is 0 Å². The number of aliphatic hydroxyl groups is 1. The third kappa shape index (κ3) is 3.53. The minimum absolute atomic E-state index is 0.0135. The zero-order valence-electron chi connectivity index (χ0n) is 11.9. The molecule has 1 aromatic carbocycles. The molecule has 3 unspecified atom stereocenters. The number of hydrogen-bond donors (Lipinski definition) is 3. The fourth-order valence-electron chi connectivity index (χ4n) is 2.53. The van der Waals surface area contributed by atoms with Crippen molar-refractivity contribution in [3.05, 3.63) is 29.8 Å². The predicted octanol–water partition coefficient (Wildman–Crippen LogP) is 1.64. The van der Waals surface area contributed by atoms with Gasteiger partial charge in [-0.25, -0.2) is 0 Å². The molecule has 1 heterocycles. The van der Waals surface area contributed by atoms with E-state index in [2.05, 4.69) is 16.7 Å². The Labute approximate surface area is 124 Å². The van der Waals surface area contributed by atoms with Gasteiger partial charge in [0.05, 0.1) is 12.6 Å². The molecule has 0 aromatic heterocycles. The topological polar surface area (TPSA) is 61.4 Å². The lowest BCUT2D eigenvalue weighted by Crippen LogP contribution is -2.48. The number of anilines is 1. The molecule has 0 spiro atoms. The smallest absolute Gasteiger partial charge is 0.241 e. The summed E-state index contributed by atoms with van der Waals surface area (Å²) in [5.74, 6) is 0.0135. The summed E-state index contributed by atoms with van der Waals surface area (Å²) in [4.78, 5) is 12.3. The molecule has 0 saturated heterocycles. The van der Waals surface area contributed by atoms with Crippen molar-refractivity contribution >= 4 is 23.4 Å². The van der Waals surface area contributed by atoms with E-state index in [1.165, 1.54) is 5.56 Å². The Balaban J connectivity index is 2.03. The minimum atomic E-state index is -0.210. The summed E-state index contributed by atoms with van der Waals surface area (Å²) < 4.78 is 0. The van der Waals surface area contributed by atoms with Gasteiger partial charge in [0.15, 0.2) is 0 Å². The van der Waals surface area contributed by atoms with Gasteiger partial charge in [-0.05, 0) is 37.7 Å². The average molecular weight is 294 g/mol. The summed E-state index contributed by atoms with van der Waals surface area (Å²) in [6.45, 7) is 2.13. The maximum absolute atomic E-state index is 12.3. The molecule has 1 aliphatic rings. The van der Waals surface area contributed by atoms with Gasteiger partial charge in [0.2, 0.25) is 5.91 Å². The van der Waals surface area contributed by atoms with Gasteiger partial charge in [-0.2, -0.15) is 11.8 Å². The number of hydrogen-bond acceptors (Lipinski definition) is 4. The van der Waals surface area contributed by atoms with E-state index in [0.717, 1.165) is 18.5 Å². The Hall–Kier alpha value is -1.04. The SMILES string of the molecule is CSC(CO)C(C)NC1CCc2ccccc2NC1=O. The molecular weight excluding hydrogens is 272 g/mol. The Morgan fingerprint density at radius 3 is 2.95 bits per heavy atom. The third-order valence-electron chi connectivity index (χ3n) is 3.80. The van der Waals surface area contributed by atoms with E-state index >= 15 is 0 Å². The Bertz CT molecular complexity index is 463. The van der Waals surface area contributed by atoms with E-state index in [-0.39, 0.29) is 29.8 Å². The lowest BCUT2D eigenvalue weighted by molar-refractivity contribution is -0.118. The first-order chi connectivity index (χ1) is 9.65.